The predicted octanol–water partition coefficient (Wildman–Crippen LogP) is 4.82. The second kappa shape index (κ2) is 10.9. The third kappa shape index (κ3) is 5.10. The number of imide groups is 1. The van der Waals surface area contributed by atoms with Crippen molar-refractivity contribution in [2.45, 2.75) is 50.6 Å². The maximum atomic E-state index is 13.4. The van der Waals surface area contributed by atoms with Gasteiger partial charge in [0.2, 0.25) is 5.91 Å². The minimum Gasteiger partial charge on any atom is -0.374 e. The van der Waals surface area contributed by atoms with Crippen molar-refractivity contribution in [1.82, 2.24) is 15.2 Å². The number of anilines is 1. The summed E-state index contributed by atoms with van der Waals surface area (Å²) in [5.41, 5.74) is 0.282. The van der Waals surface area contributed by atoms with Gasteiger partial charge in [-0.3, -0.25) is 34.4 Å². The number of fused-ring (bicyclic) bond motifs is 1. The van der Waals surface area contributed by atoms with Crippen LogP contribution in [-0.2, 0) is 4.79 Å². The smallest absolute Gasteiger partial charge is 0.294 e. The lowest BCUT2D eigenvalue weighted by Crippen LogP contribution is -2.49. The van der Waals surface area contributed by atoms with Crippen LogP contribution in [0.4, 0.5) is 11.4 Å². The number of likely N-dealkylation sites (tertiary alicyclic amines) is 1. The van der Waals surface area contributed by atoms with Crippen LogP contribution in [0.3, 0.4) is 0 Å². The van der Waals surface area contributed by atoms with Gasteiger partial charge in [0.25, 0.3) is 17.5 Å². The van der Waals surface area contributed by atoms with Gasteiger partial charge in [-0.15, -0.1) is 0 Å². The Morgan fingerprint density at radius 3 is 2.55 bits per heavy atom. The molecule has 1 aliphatic carbocycles. The van der Waals surface area contributed by atoms with Crippen LogP contribution in [-0.4, -0.2) is 51.2 Å². The summed E-state index contributed by atoms with van der Waals surface area (Å²) in [5.74, 6) is -1.15. The first-order valence-electron chi connectivity index (χ1n) is 12.6. The van der Waals surface area contributed by atoms with Crippen molar-refractivity contribution in [3.63, 3.8) is 0 Å². The molecule has 1 aromatic heterocycles. The van der Waals surface area contributed by atoms with E-state index in [-0.39, 0.29) is 53.8 Å². The summed E-state index contributed by atoms with van der Waals surface area (Å²) in [6.07, 6.45) is 7.11. The SMILES string of the molecule is O=C(N[C@H]1CCCC[C@H]1Nc1c(C(=O)N2CCCC2=O)cc(Br)cc1[N+](=O)[O-])c1cncc2ccccc12. The quantitative estimate of drug-likeness (QED) is 0.243. The van der Waals surface area contributed by atoms with Gasteiger partial charge in [-0.05, 0) is 30.7 Å². The molecule has 2 N–H and O–H groups in total. The number of carbonyl (C=O) groups is 3. The van der Waals surface area contributed by atoms with Crippen molar-refractivity contribution >= 4 is 55.8 Å². The van der Waals surface area contributed by atoms with Crippen LogP contribution in [0.15, 0.2) is 53.3 Å². The zero-order chi connectivity index (χ0) is 26.8. The maximum Gasteiger partial charge on any atom is 0.294 e. The number of hydrogen-bond donors (Lipinski definition) is 2. The van der Waals surface area contributed by atoms with Crippen LogP contribution < -0.4 is 10.6 Å². The molecule has 2 aliphatic rings. The highest BCUT2D eigenvalue weighted by atomic mass is 79.9. The Morgan fingerprint density at radius 2 is 1.82 bits per heavy atom. The second-order valence-corrected chi connectivity index (χ2v) is 10.5. The van der Waals surface area contributed by atoms with Gasteiger partial charge in [0, 0.05) is 53.4 Å². The Labute approximate surface area is 227 Å². The highest BCUT2D eigenvalue weighted by Gasteiger charge is 2.35. The number of nitrogens with zero attached hydrogens (tertiary/aromatic N) is 3. The van der Waals surface area contributed by atoms with Crippen molar-refractivity contribution < 1.29 is 19.3 Å². The summed E-state index contributed by atoms with van der Waals surface area (Å²) in [6.45, 7) is 0.276. The van der Waals surface area contributed by atoms with Crippen molar-refractivity contribution in [3.05, 3.63) is 74.5 Å². The van der Waals surface area contributed by atoms with Crippen molar-refractivity contribution in [2.24, 2.45) is 0 Å². The number of pyridine rings is 1. The first kappa shape index (κ1) is 25.8. The molecular formula is C27H26BrN5O5. The van der Waals surface area contributed by atoms with Crippen LogP contribution in [0.5, 0.6) is 0 Å². The van der Waals surface area contributed by atoms with E-state index in [1.807, 2.05) is 24.3 Å². The number of nitro groups is 1. The highest BCUT2D eigenvalue weighted by Crippen LogP contribution is 2.36. The zero-order valence-electron chi connectivity index (χ0n) is 20.5. The molecule has 0 unspecified atom stereocenters. The number of nitrogens with one attached hydrogen (secondary N) is 2. The van der Waals surface area contributed by atoms with Crippen LogP contribution in [0.2, 0.25) is 0 Å². The number of aromatic nitrogens is 1. The largest absolute Gasteiger partial charge is 0.374 e. The molecule has 0 bridgehead atoms. The van der Waals surface area contributed by atoms with Gasteiger partial charge >= 0.3 is 0 Å². The second-order valence-electron chi connectivity index (χ2n) is 9.58. The lowest BCUT2D eigenvalue weighted by Gasteiger charge is -2.34. The van der Waals surface area contributed by atoms with Crippen LogP contribution in [0.25, 0.3) is 10.8 Å². The monoisotopic (exact) mass is 579 g/mol. The first-order chi connectivity index (χ1) is 18.3. The van der Waals surface area contributed by atoms with E-state index in [0.29, 0.717) is 29.3 Å². The number of benzene rings is 2. The first-order valence-corrected chi connectivity index (χ1v) is 13.4. The molecule has 2 aromatic carbocycles. The molecule has 196 valence electrons. The molecule has 11 heteroatoms. The number of hydrogen-bond acceptors (Lipinski definition) is 7. The fourth-order valence-corrected chi connectivity index (χ4v) is 5.72. The summed E-state index contributed by atoms with van der Waals surface area (Å²) in [4.78, 5) is 55.8. The Bertz CT molecular complexity index is 1440. The summed E-state index contributed by atoms with van der Waals surface area (Å²) in [7, 11) is 0. The maximum absolute atomic E-state index is 13.4. The number of rotatable bonds is 6. The van der Waals surface area contributed by atoms with E-state index in [9.17, 15) is 24.5 Å². The Morgan fingerprint density at radius 1 is 1.05 bits per heavy atom. The van der Waals surface area contributed by atoms with Gasteiger partial charge in [-0.1, -0.05) is 53.0 Å². The van der Waals surface area contributed by atoms with E-state index in [4.69, 9.17) is 0 Å². The van der Waals surface area contributed by atoms with Gasteiger partial charge in [0.1, 0.15) is 5.69 Å². The van der Waals surface area contributed by atoms with E-state index in [1.54, 1.807) is 6.20 Å². The Balaban J connectivity index is 1.46. The van der Waals surface area contributed by atoms with Gasteiger partial charge in [0.15, 0.2) is 0 Å². The molecule has 2 heterocycles. The minimum atomic E-state index is -0.572. The van der Waals surface area contributed by atoms with Crippen LogP contribution >= 0.6 is 15.9 Å². The van der Waals surface area contributed by atoms with Gasteiger partial charge < -0.3 is 10.6 Å². The van der Waals surface area contributed by atoms with Crippen molar-refractivity contribution in [2.75, 3.05) is 11.9 Å². The molecule has 2 atom stereocenters. The lowest BCUT2D eigenvalue weighted by molar-refractivity contribution is -0.384. The van der Waals surface area contributed by atoms with E-state index in [2.05, 4.69) is 31.5 Å². The molecule has 1 saturated heterocycles. The third-order valence-corrected chi connectivity index (χ3v) is 7.61. The number of amides is 3. The molecule has 10 nitrogen and oxygen atoms in total. The van der Waals surface area contributed by atoms with Crippen LogP contribution in [0, 0.1) is 10.1 Å². The van der Waals surface area contributed by atoms with Gasteiger partial charge in [-0.25, -0.2) is 0 Å². The summed E-state index contributed by atoms with van der Waals surface area (Å²) >= 11 is 3.27. The topological polar surface area (TPSA) is 135 Å². The molecule has 0 radical (unpaired) electrons. The molecule has 2 fully saturated rings. The molecule has 0 spiro atoms. The highest BCUT2D eigenvalue weighted by molar-refractivity contribution is 9.10. The van der Waals surface area contributed by atoms with Gasteiger partial charge in [0.05, 0.1) is 16.1 Å². The summed E-state index contributed by atoms with van der Waals surface area (Å²) < 4.78 is 0.363. The Kier molecular flexibility index (Phi) is 7.37. The number of nitro benzene ring substituents is 1. The van der Waals surface area contributed by atoms with Crippen molar-refractivity contribution in [3.8, 4) is 0 Å². The fourth-order valence-electron chi connectivity index (χ4n) is 5.27. The lowest BCUT2D eigenvalue weighted by atomic mass is 9.89. The molecule has 5 rings (SSSR count). The predicted molar refractivity (Wildman–Crippen MR) is 145 cm³/mol. The number of carbonyl (C=O) groups excluding carboxylic acids is 3. The van der Waals surface area contributed by atoms with E-state index >= 15 is 0 Å². The number of halogens is 1. The van der Waals surface area contributed by atoms with E-state index in [1.165, 1.54) is 18.3 Å². The average molecular weight is 580 g/mol. The van der Waals surface area contributed by atoms with Crippen LogP contribution in [0.1, 0.15) is 59.2 Å². The normalized spacial score (nSPS) is 19.4. The van der Waals surface area contributed by atoms with E-state index in [0.717, 1.165) is 28.5 Å². The zero-order valence-corrected chi connectivity index (χ0v) is 22.1. The fraction of sp³-hybridized carbons (Fsp3) is 0.333. The molecular weight excluding hydrogens is 554 g/mol. The average Bonchev–Trinajstić information content (AvgIpc) is 3.35. The van der Waals surface area contributed by atoms with Gasteiger partial charge in [-0.2, -0.15) is 0 Å². The van der Waals surface area contributed by atoms with E-state index < -0.39 is 10.8 Å². The summed E-state index contributed by atoms with van der Waals surface area (Å²) in [6, 6.07) is 9.63. The van der Waals surface area contributed by atoms with Crippen molar-refractivity contribution in [1.29, 1.82) is 0 Å². The standard InChI is InChI=1S/C27H26BrN5O5/c28-17-12-19(27(36)32-11-5-10-24(32)34)25(23(13-17)33(37)38)30-21-8-3-4-9-22(21)31-26(35)20-15-29-14-16-6-1-2-7-18(16)20/h1-2,6-7,12-15,21-22,30H,3-5,8-11H2,(H,31,35)/t21-,22+/m1/s1. The third-order valence-electron chi connectivity index (χ3n) is 7.15. The molecule has 1 aliphatic heterocycles. The molecule has 3 aromatic rings. The summed E-state index contributed by atoms with van der Waals surface area (Å²) in [5, 5.41) is 20.0. The Hall–Kier alpha value is -3.86. The molecule has 1 saturated carbocycles. The molecule has 3 amide bonds. The molecule has 38 heavy (non-hydrogen) atoms. The minimum absolute atomic E-state index is 0.0511.